The van der Waals surface area contributed by atoms with Crippen LogP contribution in [0.2, 0.25) is 0 Å². The molecule has 1 amide bonds. The predicted molar refractivity (Wildman–Crippen MR) is 70.2 cm³/mol. The van der Waals surface area contributed by atoms with Gasteiger partial charge in [-0.3, -0.25) is 4.79 Å². The molecule has 0 radical (unpaired) electrons. The van der Waals surface area contributed by atoms with Crippen LogP contribution in [0.15, 0.2) is 35.5 Å². The van der Waals surface area contributed by atoms with Crippen LogP contribution in [-0.2, 0) is 4.79 Å². The first kappa shape index (κ1) is 14.7. The molecular formula is C14H23NO. The molecule has 0 spiro atoms. The van der Waals surface area contributed by atoms with Crippen molar-refractivity contribution in [2.24, 2.45) is 0 Å². The van der Waals surface area contributed by atoms with Gasteiger partial charge in [0.2, 0.25) is 0 Å². The van der Waals surface area contributed by atoms with Gasteiger partial charge in [-0.15, -0.1) is 0 Å². The lowest BCUT2D eigenvalue weighted by Gasteiger charge is -2.03. The Morgan fingerprint density at radius 3 is 2.25 bits per heavy atom. The molecule has 0 fully saturated rings. The molecule has 0 aliphatic carbocycles. The number of hydrogen-bond acceptors (Lipinski definition) is 1. The zero-order chi connectivity index (χ0) is 12.4. The van der Waals surface area contributed by atoms with Crippen LogP contribution >= 0.6 is 0 Å². The van der Waals surface area contributed by atoms with Gasteiger partial charge < -0.3 is 5.32 Å². The van der Waals surface area contributed by atoms with Crippen molar-refractivity contribution in [2.45, 2.75) is 40.5 Å². The van der Waals surface area contributed by atoms with Crippen LogP contribution < -0.4 is 5.32 Å². The van der Waals surface area contributed by atoms with E-state index in [1.165, 1.54) is 5.57 Å². The molecule has 0 aliphatic rings. The van der Waals surface area contributed by atoms with Crippen molar-refractivity contribution in [3.05, 3.63) is 35.5 Å². The summed E-state index contributed by atoms with van der Waals surface area (Å²) in [6.45, 7) is 8.77. The van der Waals surface area contributed by atoms with Gasteiger partial charge in [0.25, 0.3) is 5.91 Å². The summed E-state index contributed by atoms with van der Waals surface area (Å²) in [6.07, 6.45) is 9.73. The van der Waals surface area contributed by atoms with Gasteiger partial charge in [-0.2, -0.15) is 0 Å². The van der Waals surface area contributed by atoms with E-state index >= 15 is 0 Å². The van der Waals surface area contributed by atoms with Gasteiger partial charge in [-0.05, 0) is 32.8 Å². The highest BCUT2D eigenvalue weighted by atomic mass is 16.1. The maximum absolute atomic E-state index is 11.7. The number of amides is 1. The molecule has 0 atom stereocenters. The number of allylic oxidation sites excluding steroid dienone is 4. The molecule has 0 heterocycles. The van der Waals surface area contributed by atoms with Crippen LogP contribution in [0.4, 0.5) is 0 Å². The molecule has 90 valence electrons. The van der Waals surface area contributed by atoms with Crippen LogP contribution in [-0.4, -0.2) is 12.5 Å². The molecule has 16 heavy (non-hydrogen) atoms. The summed E-state index contributed by atoms with van der Waals surface area (Å²) < 4.78 is 0. The van der Waals surface area contributed by atoms with Gasteiger partial charge >= 0.3 is 0 Å². The van der Waals surface area contributed by atoms with Gasteiger partial charge in [0.1, 0.15) is 0 Å². The first-order valence-corrected chi connectivity index (χ1v) is 5.97. The van der Waals surface area contributed by atoms with Crippen molar-refractivity contribution in [2.75, 3.05) is 6.54 Å². The normalized spacial score (nSPS) is 13.2. The third-order valence-corrected chi connectivity index (χ3v) is 2.36. The Kier molecular flexibility index (Phi) is 8.22. The van der Waals surface area contributed by atoms with Gasteiger partial charge in [-0.25, -0.2) is 0 Å². The summed E-state index contributed by atoms with van der Waals surface area (Å²) in [5, 5.41) is 2.87. The Morgan fingerprint density at radius 2 is 1.81 bits per heavy atom. The Labute approximate surface area is 99.1 Å². The fraction of sp³-hybridized carbons (Fsp3) is 0.500. The van der Waals surface area contributed by atoms with Crippen molar-refractivity contribution in [3.8, 4) is 0 Å². The monoisotopic (exact) mass is 221 g/mol. The summed E-state index contributed by atoms with van der Waals surface area (Å²) in [5.41, 5.74) is 1.96. The summed E-state index contributed by atoms with van der Waals surface area (Å²) in [5.74, 6) is 0.00663. The quantitative estimate of drug-likeness (QED) is 0.540. The van der Waals surface area contributed by atoms with Crippen LogP contribution in [0.25, 0.3) is 0 Å². The SMILES string of the molecule is C\C=C(/C=C\C(=C/C)C(=O)NCCC)CC. The van der Waals surface area contributed by atoms with E-state index in [2.05, 4.69) is 18.3 Å². The second-order valence-corrected chi connectivity index (χ2v) is 3.55. The third kappa shape index (κ3) is 5.54. The molecule has 0 aromatic heterocycles. The van der Waals surface area contributed by atoms with Crippen LogP contribution in [0.3, 0.4) is 0 Å². The predicted octanol–water partition coefficient (Wildman–Crippen LogP) is 3.37. The Hall–Kier alpha value is -1.31. The van der Waals surface area contributed by atoms with E-state index < -0.39 is 0 Å². The zero-order valence-corrected chi connectivity index (χ0v) is 10.8. The van der Waals surface area contributed by atoms with E-state index in [1.807, 2.05) is 39.0 Å². The Balaban J connectivity index is 4.47. The van der Waals surface area contributed by atoms with Crippen molar-refractivity contribution >= 4 is 5.91 Å². The number of nitrogens with one attached hydrogen (secondary N) is 1. The molecule has 0 aromatic rings. The zero-order valence-electron chi connectivity index (χ0n) is 10.8. The highest BCUT2D eigenvalue weighted by Crippen LogP contribution is 2.05. The number of carbonyl (C=O) groups is 1. The van der Waals surface area contributed by atoms with E-state index in [9.17, 15) is 4.79 Å². The molecule has 1 N–H and O–H groups in total. The van der Waals surface area contributed by atoms with Crippen molar-refractivity contribution in [1.29, 1.82) is 0 Å². The van der Waals surface area contributed by atoms with Crippen LogP contribution in [0, 0.1) is 0 Å². The average molecular weight is 221 g/mol. The molecule has 0 saturated carbocycles. The Bertz CT molecular complexity index is 298. The molecular weight excluding hydrogens is 198 g/mol. The van der Waals surface area contributed by atoms with Crippen LogP contribution in [0.1, 0.15) is 40.5 Å². The lowest BCUT2D eigenvalue weighted by Crippen LogP contribution is -2.24. The second-order valence-electron chi connectivity index (χ2n) is 3.55. The minimum absolute atomic E-state index is 0.00663. The first-order chi connectivity index (χ1) is 7.69. The van der Waals surface area contributed by atoms with E-state index in [1.54, 1.807) is 0 Å². The maximum atomic E-state index is 11.7. The molecule has 0 saturated heterocycles. The molecule has 2 nitrogen and oxygen atoms in total. The highest BCUT2D eigenvalue weighted by molar-refractivity contribution is 5.96. The maximum Gasteiger partial charge on any atom is 0.250 e. The van der Waals surface area contributed by atoms with Gasteiger partial charge in [0, 0.05) is 12.1 Å². The van der Waals surface area contributed by atoms with Gasteiger partial charge in [0.05, 0.1) is 0 Å². The lowest BCUT2D eigenvalue weighted by molar-refractivity contribution is -0.117. The molecule has 2 heteroatoms. The van der Waals surface area contributed by atoms with E-state index in [0.717, 1.165) is 25.0 Å². The second kappa shape index (κ2) is 8.96. The fourth-order valence-corrected chi connectivity index (χ4v) is 1.26. The van der Waals surface area contributed by atoms with Gasteiger partial charge in [-0.1, -0.05) is 37.6 Å². The average Bonchev–Trinajstić information content (AvgIpc) is 2.32. The third-order valence-electron chi connectivity index (χ3n) is 2.36. The number of rotatable bonds is 6. The highest BCUT2D eigenvalue weighted by Gasteiger charge is 2.03. The summed E-state index contributed by atoms with van der Waals surface area (Å²) in [6, 6.07) is 0. The van der Waals surface area contributed by atoms with E-state index in [-0.39, 0.29) is 5.91 Å². The first-order valence-electron chi connectivity index (χ1n) is 5.97. The minimum atomic E-state index is 0.00663. The fourth-order valence-electron chi connectivity index (χ4n) is 1.26. The molecule has 0 aromatic carbocycles. The molecule has 0 aliphatic heterocycles. The van der Waals surface area contributed by atoms with E-state index in [0.29, 0.717) is 0 Å². The number of hydrogen-bond donors (Lipinski definition) is 1. The van der Waals surface area contributed by atoms with Crippen molar-refractivity contribution < 1.29 is 4.79 Å². The van der Waals surface area contributed by atoms with Crippen molar-refractivity contribution in [3.63, 3.8) is 0 Å². The lowest BCUT2D eigenvalue weighted by atomic mass is 10.1. The van der Waals surface area contributed by atoms with Gasteiger partial charge in [0.15, 0.2) is 0 Å². The molecule has 0 unspecified atom stereocenters. The topological polar surface area (TPSA) is 29.1 Å². The summed E-state index contributed by atoms with van der Waals surface area (Å²) in [4.78, 5) is 11.7. The number of carbonyl (C=O) groups excluding carboxylic acids is 1. The summed E-state index contributed by atoms with van der Waals surface area (Å²) >= 11 is 0. The minimum Gasteiger partial charge on any atom is -0.352 e. The Morgan fingerprint density at radius 1 is 1.12 bits per heavy atom. The molecule has 0 bridgehead atoms. The summed E-state index contributed by atoms with van der Waals surface area (Å²) in [7, 11) is 0. The standard InChI is InChI=1S/C14H23NO/c1-5-11-15-14(16)13(8-4)10-9-12(6-2)7-3/h6,8-10H,5,7,11H2,1-4H3,(H,15,16)/b10-9-,12-6-,13-8+. The van der Waals surface area contributed by atoms with Crippen LogP contribution in [0.5, 0.6) is 0 Å². The molecule has 0 rings (SSSR count). The largest absolute Gasteiger partial charge is 0.352 e. The smallest absolute Gasteiger partial charge is 0.250 e. The van der Waals surface area contributed by atoms with Crippen molar-refractivity contribution in [1.82, 2.24) is 5.32 Å². The van der Waals surface area contributed by atoms with E-state index in [4.69, 9.17) is 0 Å².